The zero-order chi connectivity index (χ0) is 17.6. The van der Waals surface area contributed by atoms with Crippen LogP contribution in [0, 0.1) is 11.3 Å². The van der Waals surface area contributed by atoms with Gasteiger partial charge in [0.05, 0.1) is 12.8 Å². The van der Waals surface area contributed by atoms with Gasteiger partial charge in [-0.05, 0) is 36.4 Å². The molecular formula is C19H14BrN3OS. The van der Waals surface area contributed by atoms with E-state index < -0.39 is 0 Å². The lowest BCUT2D eigenvalue weighted by atomic mass is 10.2. The Morgan fingerprint density at radius 2 is 2.08 bits per heavy atom. The molecule has 3 rings (SSSR count). The van der Waals surface area contributed by atoms with E-state index in [4.69, 9.17) is 4.74 Å². The van der Waals surface area contributed by atoms with Gasteiger partial charge in [-0.2, -0.15) is 5.26 Å². The summed E-state index contributed by atoms with van der Waals surface area (Å²) in [6, 6.07) is 17.6. The number of halogens is 1. The van der Waals surface area contributed by atoms with E-state index in [1.165, 1.54) is 11.3 Å². The molecule has 4 nitrogen and oxygen atoms in total. The molecule has 3 aromatic rings. The van der Waals surface area contributed by atoms with E-state index >= 15 is 0 Å². The van der Waals surface area contributed by atoms with Crippen molar-refractivity contribution in [3.05, 3.63) is 69.6 Å². The molecule has 0 unspecified atom stereocenters. The Morgan fingerprint density at radius 3 is 2.76 bits per heavy atom. The van der Waals surface area contributed by atoms with E-state index in [0.717, 1.165) is 27.2 Å². The number of nitriles is 1. The van der Waals surface area contributed by atoms with Crippen LogP contribution in [0.3, 0.4) is 0 Å². The highest BCUT2D eigenvalue weighted by Crippen LogP contribution is 2.27. The van der Waals surface area contributed by atoms with Gasteiger partial charge in [0.25, 0.3) is 0 Å². The van der Waals surface area contributed by atoms with Crippen molar-refractivity contribution in [1.82, 2.24) is 4.98 Å². The summed E-state index contributed by atoms with van der Waals surface area (Å²) < 4.78 is 6.13. The normalized spacial score (nSPS) is 11.0. The van der Waals surface area contributed by atoms with Crippen LogP contribution in [0.1, 0.15) is 5.01 Å². The number of ether oxygens (including phenoxy) is 1. The smallest absolute Gasteiger partial charge is 0.136 e. The molecule has 124 valence electrons. The van der Waals surface area contributed by atoms with Crippen molar-refractivity contribution in [2.75, 3.05) is 12.4 Å². The molecule has 0 aliphatic heterocycles. The van der Waals surface area contributed by atoms with Crippen LogP contribution in [0.25, 0.3) is 16.8 Å². The van der Waals surface area contributed by atoms with E-state index in [0.29, 0.717) is 10.6 Å². The summed E-state index contributed by atoms with van der Waals surface area (Å²) in [7, 11) is 1.63. The number of nitrogens with zero attached hydrogens (tertiary/aromatic N) is 2. The number of rotatable bonds is 5. The molecule has 6 heteroatoms. The number of nitrogens with one attached hydrogen (secondary N) is 1. The molecule has 0 saturated heterocycles. The molecular weight excluding hydrogens is 398 g/mol. The van der Waals surface area contributed by atoms with Gasteiger partial charge in [0.15, 0.2) is 0 Å². The summed E-state index contributed by atoms with van der Waals surface area (Å²) in [5.74, 6) is 0.786. The molecule has 1 heterocycles. The molecule has 0 saturated carbocycles. The number of methoxy groups -OCH3 is 1. The summed E-state index contributed by atoms with van der Waals surface area (Å²) in [6.07, 6.45) is 1.67. The summed E-state index contributed by atoms with van der Waals surface area (Å²) in [5.41, 5.74) is 3.23. The SMILES string of the molecule is COc1ccc(NC=C(C#N)c2nc(-c3cccc(Br)c3)cs2)cc1. The zero-order valence-corrected chi connectivity index (χ0v) is 15.8. The molecule has 1 aromatic heterocycles. The summed E-state index contributed by atoms with van der Waals surface area (Å²) >= 11 is 4.91. The van der Waals surface area contributed by atoms with Gasteiger partial charge < -0.3 is 10.1 Å². The Morgan fingerprint density at radius 1 is 1.28 bits per heavy atom. The Balaban J connectivity index is 1.80. The number of hydrogen-bond acceptors (Lipinski definition) is 5. The average Bonchev–Trinajstić information content (AvgIpc) is 3.13. The fourth-order valence-corrected chi connectivity index (χ4v) is 3.36. The number of allylic oxidation sites excluding steroid dienone is 1. The summed E-state index contributed by atoms with van der Waals surface area (Å²) in [5, 5.41) is 15.2. The summed E-state index contributed by atoms with van der Waals surface area (Å²) in [6.45, 7) is 0. The lowest BCUT2D eigenvalue weighted by Gasteiger charge is -2.03. The topological polar surface area (TPSA) is 57.9 Å². The quantitative estimate of drug-likeness (QED) is 0.558. The number of anilines is 1. The van der Waals surface area contributed by atoms with E-state index in [2.05, 4.69) is 32.3 Å². The summed E-state index contributed by atoms with van der Waals surface area (Å²) in [4.78, 5) is 4.58. The monoisotopic (exact) mass is 411 g/mol. The molecule has 0 atom stereocenters. The van der Waals surface area contributed by atoms with Crippen molar-refractivity contribution in [2.24, 2.45) is 0 Å². The molecule has 0 aliphatic carbocycles. The third kappa shape index (κ3) is 4.27. The predicted molar refractivity (Wildman–Crippen MR) is 105 cm³/mol. The van der Waals surface area contributed by atoms with Crippen molar-refractivity contribution >= 4 is 38.5 Å². The minimum Gasteiger partial charge on any atom is -0.497 e. The van der Waals surface area contributed by atoms with Crippen molar-refractivity contribution in [2.45, 2.75) is 0 Å². The van der Waals surface area contributed by atoms with Gasteiger partial charge >= 0.3 is 0 Å². The van der Waals surface area contributed by atoms with Gasteiger partial charge in [0.1, 0.15) is 22.4 Å². The largest absolute Gasteiger partial charge is 0.497 e. The molecule has 1 N–H and O–H groups in total. The highest BCUT2D eigenvalue weighted by molar-refractivity contribution is 9.10. The van der Waals surface area contributed by atoms with Crippen LogP contribution in [0.15, 0.2) is 64.6 Å². The van der Waals surface area contributed by atoms with Gasteiger partial charge in [0, 0.05) is 27.3 Å². The zero-order valence-electron chi connectivity index (χ0n) is 13.4. The fourth-order valence-electron chi connectivity index (χ4n) is 2.16. The number of aromatic nitrogens is 1. The lowest BCUT2D eigenvalue weighted by Crippen LogP contribution is -1.91. The molecule has 0 fully saturated rings. The maximum atomic E-state index is 9.44. The second-order valence-corrected chi connectivity index (χ2v) is 6.86. The Labute approximate surface area is 158 Å². The molecule has 0 spiro atoms. The molecule has 0 bridgehead atoms. The molecule has 2 aromatic carbocycles. The van der Waals surface area contributed by atoms with Crippen LogP contribution in [0.2, 0.25) is 0 Å². The predicted octanol–water partition coefficient (Wildman–Crippen LogP) is 5.56. The van der Waals surface area contributed by atoms with Crippen LogP contribution in [-0.2, 0) is 0 Å². The Hall–Kier alpha value is -2.62. The van der Waals surface area contributed by atoms with E-state index in [1.807, 2.05) is 53.9 Å². The highest BCUT2D eigenvalue weighted by atomic mass is 79.9. The maximum absolute atomic E-state index is 9.44. The molecule has 0 amide bonds. The average molecular weight is 412 g/mol. The first-order chi connectivity index (χ1) is 12.2. The van der Waals surface area contributed by atoms with E-state index in [9.17, 15) is 5.26 Å². The third-order valence-electron chi connectivity index (χ3n) is 3.45. The first-order valence-electron chi connectivity index (χ1n) is 7.42. The standard InChI is InChI=1S/C19H14BrN3OS/c1-24-17-7-5-16(6-8-17)22-11-14(10-21)19-23-18(12-25-19)13-3-2-4-15(20)9-13/h2-9,11-12,22H,1H3. The number of hydrogen-bond donors (Lipinski definition) is 1. The third-order valence-corrected chi connectivity index (χ3v) is 4.82. The van der Waals surface area contributed by atoms with Gasteiger partial charge in [0.2, 0.25) is 0 Å². The second-order valence-electron chi connectivity index (χ2n) is 5.09. The minimum atomic E-state index is 0.488. The van der Waals surface area contributed by atoms with Crippen LogP contribution < -0.4 is 10.1 Å². The Bertz CT molecular complexity index is 942. The fraction of sp³-hybridized carbons (Fsp3) is 0.0526. The van der Waals surface area contributed by atoms with Crippen LogP contribution >= 0.6 is 27.3 Å². The second kappa shape index (κ2) is 7.97. The lowest BCUT2D eigenvalue weighted by molar-refractivity contribution is 0.415. The molecule has 0 radical (unpaired) electrons. The van der Waals surface area contributed by atoms with Gasteiger partial charge in [-0.25, -0.2) is 4.98 Å². The maximum Gasteiger partial charge on any atom is 0.136 e. The van der Waals surface area contributed by atoms with Crippen molar-refractivity contribution in [3.63, 3.8) is 0 Å². The minimum absolute atomic E-state index is 0.488. The van der Waals surface area contributed by atoms with E-state index in [1.54, 1.807) is 13.3 Å². The van der Waals surface area contributed by atoms with E-state index in [-0.39, 0.29) is 0 Å². The van der Waals surface area contributed by atoms with Gasteiger partial charge in [-0.1, -0.05) is 28.1 Å². The molecule has 0 aliphatic rings. The van der Waals surface area contributed by atoms with Crippen LogP contribution in [0.4, 0.5) is 5.69 Å². The first-order valence-corrected chi connectivity index (χ1v) is 9.09. The van der Waals surface area contributed by atoms with Gasteiger partial charge in [-0.3, -0.25) is 0 Å². The van der Waals surface area contributed by atoms with Crippen LogP contribution in [-0.4, -0.2) is 12.1 Å². The first kappa shape index (κ1) is 17.2. The van der Waals surface area contributed by atoms with Crippen molar-refractivity contribution in [1.29, 1.82) is 5.26 Å². The van der Waals surface area contributed by atoms with Gasteiger partial charge in [-0.15, -0.1) is 11.3 Å². The number of benzene rings is 2. The van der Waals surface area contributed by atoms with Crippen LogP contribution in [0.5, 0.6) is 5.75 Å². The number of thiazole rings is 1. The van der Waals surface area contributed by atoms with Crippen molar-refractivity contribution in [3.8, 4) is 23.1 Å². The highest BCUT2D eigenvalue weighted by Gasteiger charge is 2.09. The van der Waals surface area contributed by atoms with Crippen molar-refractivity contribution < 1.29 is 4.74 Å². The molecule has 25 heavy (non-hydrogen) atoms. The Kier molecular flexibility index (Phi) is 5.49.